The fourth-order valence-corrected chi connectivity index (χ4v) is 1.49. The number of hydrogen-bond donors (Lipinski definition) is 1. The molecule has 0 saturated heterocycles. The van der Waals surface area contributed by atoms with Crippen LogP contribution in [-0.2, 0) is 19.1 Å². The summed E-state index contributed by atoms with van der Waals surface area (Å²) in [6.07, 6.45) is 2.77. The Labute approximate surface area is 129 Å². The van der Waals surface area contributed by atoms with E-state index in [1.165, 1.54) is 5.56 Å². The van der Waals surface area contributed by atoms with Gasteiger partial charge in [0.15, 0.2) is 0 Å². The van der Waals surface area contributed by atoms with E-state index < -0.39 is 23.4 Å². The summed E-state index contributed by atoms with van der Waals surface area (Å²) in [5.74, 6) is -2.07. The van der Waals surface area contributed by atoms with Crippen molar-refractivity contribution < 1.29 is 19.1 Å². The predicted molar refractivity (Wildman–Crippen MR) is 83.6 cm³/mol. The van der Waals surface area contributed by atoms with Crippen LogP contribution in [-0.4, -0.2) is 23.4 Å². The quantitative estimate of drug-likeness (QED) is 0.516. The maximum absolute atomic E-state index is 11.3. The summed E-state index contributed by atoms with van der Waals surface area (Å²) in [7, 11) is 0. The highest BCUT2D eigenvalue weighted by atomic mass is 16.6. The molecule has 2 amide bonds. The Hall–Kier alpha value is -2.69. The van der Waals surface area contributed by atoms with Crippen LogP contribution in [0.2, 0.25) is 0 Å². The molecule has 0 fully saturated rings. The average Bonchev–Trinajstić information content (AvgIpc) is 2.78. The van der Waals surface area contributed by atoms with Gasteiger partial charge < -0.3 is 4.74 Å². The highest BCUT2D eigenvalue weighted by molar-refractivity contribution is 6.28. The molecule has 5 nitrogen and oxygen atoms in total. The fraction of sp³-hybridized carbons (Fsp3) is 0.235. The molecule has 5 heteroatoms. The number of carbonyl (C=O) groups is 3. The van der Waals surface area contributed by atoms with E-state index in [-0.39, 0.29) is 5.57 Å². The van der Waals surface area contributed by atoms with Crippen LogP contribution < -0.4 is 5.32 Å². The molecule has 0 saturated carbocycles. The molecule has 0 aliphatic carbocycles. The second-order valence-corrected chi connectivity index (χ2v) is 5.49. The first kappa shape index (κ1) is 17.4. The second-order valence-electron chi connectivity index (χ2n) is 5.49. The van der Waals surface area contributed by atoms with Crippen molar-refractivity contribution >= 4 is 23.9 Å². The lowest BCUT2D eigenvalue weighted by atomic mass is 10.2. The first-order valence-electron chi connectivity index (χ1n) is 6.71. The topological polar surface area (TPSA) is 72.5 Å². The summed E-state index contributed by atoms with van der Waals surface area (Å²) < 4.78 is 4.92. The Morgan fingerprint density at radius 2 is 1.77 bits per heavy atom. The van der Waals surface area contributed by atoms with Crippen LogP contribution in [0.3, 0.4) is 0 Å². The molecule has 0 radical (unpaired) electrons. The second kappa shape index (κ2) is 7.36. The van der Waals surface area contributed by atoms with Crippen LogP contribution in [0, 0.1) is 0 Å². The number of ether oxygens (including phenoxy) is 1. The van der Waals surface area contributed by atoms with E-state index in [0.717, 1.165) is 6.08 Å². The van der Waals surface area contributed by atoms with Crippen LogP contribution >= 0.6 is 0 Å². The molecule has 22 heavy (non-hydrogen) atoms. The molecule has 0 spiro atoms. The standard InChI is InChI=1S/C9H11NO4.C8H8/c1-9(2,3)14-8(13)5-4-6(11)10-7(5)12;1-2-8-6-4-3-5-7-8/h4H,1-3H3,(H,10,11,12);2-7H,1H2. The van der Waals surface area contributed by atoms with Crippen molar-refractivity contribution in [3.8, 4) is 0 Å². The fourth-order valence-electron chi connectivity index (χ4n) is 1.49. The maximum Gasteiger partial charge on any atom is 0.344 e. The Bertz CT molecular complexity index is 609. The Kier molecular flexibility index (Phi) is 5.81. The Balaban J connectivity index is 0.000000255. The molecule has 0 unspecified atom stereocenters. The van der Waals surface area contributed by atoms with Gasteiger partial charge in [0.2, 0.25) is 0 Å². The molecule has 0 atom stereocenters. The van der Waals surface area contributed by atoms with Crippen molar-refractivity contribution in [2.75, 3.05) is 0 Å². The first-order valence-corrected chi connectivity index (χ1v) is 6.71. The van der Waals surface area contributed by atoms with Crippen molar-refractivity contribution in [3.63, 3.8) is 0 Å². The van der Waals surface area contributed by atoms with Crippen LogP contribution in [0.1, 0.15) is 26.3 Å². The van der Waals surface area contributed by atoms with Crippen molar-refractivity contribution in [1.82, 2.24) is 5.32 Å². The van der Waals surface area contributed by atoms with Gasteiger partial charge in [0.25, 0.3) is 11.8 Å². The van der Waals surface area contributed by atoms with Crippen molar-refractivity contribution in [2.45, 2.75) is 26.4 Å². The Morgan fingerprint density at radius 3 is 2.14 bits per heavy atom. The van der Waals surface area contributed by atoms with E-state index in [0.29, 0.717) is 0 Å². The smallest absolute Gasteiger partial charge is 0.344 e. The molecule has 1 aromatic rings. The summed E-state index contributed by atoms with van der Waals surface area (Å²) in [4.78, 5) is 33.0. The maximum atomic E-state index is 11.3. The largest absolute Gasteiger partial charge is 0.456 e. The number of amides is 2. The summed E-state index contributed by atoms with van der Waals surface area (Å²) in [6.45, 7) is 8.67. The molecular formula is C17H19NO4. The zero-order valence-corrected chi connectivity index (χ0v) is 12.9. The van der Waals surface area contributed by atoms with Crippen LogP contribution in [0.25, 0.3) is 6.08 Å². The van der Waals surface area contributed by atoms with E-state index in [9.17, 15) is 14.4 Å². The third-order valence-corrected chi connectivity index (χ3v) is 2.41. The zero-order valence-electron chi connectivity index (χ0n) is 12.9. The molecule has 1 aliphatic heterocycles. The lowest BCUT2D eigenvalue weighted by Crippen LogP contribution is -2.29. The molecule has 1 heterocycles. The van der Waals surface area contributed by atoms with Crippen molar-refractivity contribution in [3.05, 3.63) is 54.1 Å². The van der Waals surface area contributed by atoms with Crippen molar-refractivity contribution in [1.29, 1.82) is 0 Å². The summed E-state index contributed by atoms with van der Waals surface area (Å²) in [5.41, 5.74) is 0.251. The Morgan fingerprint density at radius 1 is 1.18 bits per heavy atom. The van der Waals surface area contributed by atoms with Crippen LogP contribution in [0.15, 0.2) is 48.6 Å². The molecule has 116 valence electrons. The SMILES string of the molecule is C=Cc1ccccc1.CC(C)(C)OC(=O)C1=CC(=O)NC1=O. The molecule has 0 bridgehead atoms. The number of esters is 1. The molecule has 1 aromatic carbocycles. The van der Waals surface area contributed by atoms with Gasteiger partial charge in [-0.15, -0.1) is 0 Å². The molecule has 1 N–H and O–H groups in total. The van der Waals surface area contributed by atoms with E-state index >= 15 is 0 Å². The van der Waals surface area contributed by atoms with E-state index in [2.05, 4.69) is 6.58 Å². The molecule has 2 rings (SSSR count). The van der Waals surface area contributed by atoms with Gasteiger partial charge in [0.1, 0.15) is 11.2 Å². The third-order valence-electron chi connectivity index (χ3n) is 2.41. The number of rotatable bonds is 2. The lowest BCUT2D eigenvalue weighted by Gasteiger charge is -2.19. The number of imide groups is 1. The summed E-state index contributed by atoms with van der Waals surface area (Å²) in [5, 5.41) is 1.96. The molecular weight excluding hydrogens is 282 g/mol. The van der Waals surface area contributed by atoms with E-state index in [1.54, 1.807) is 20.8 Å². The van der Waals surface area contributed by atoms with Gasteiger partial charge in [0, 0.05) is 6.08 Å². The van der Waals surface area contributed by atoms with Gasteiger partial charge in [-0.25, -0.2) is 4.79 Å². The average molecular weight is 301 g/mol. The minimum atomic E-state index is -0.777. The van der Waals surface area contributed by atoms with Gasteiger partial charge >= 0.3 is 5.97 Å². The molecule has 0 aromatic heterocycles. The number of hydrogen-bond acceptors (Lipinski definition) is 4. The van der Waals surface area contributed by atoms with Gasteiger partial charge in [-0.1, -0.05) is 43.0 Å². The number of benzene rings is 1. The number of carbonyl (C=O) groups excluding carboxylic acids is 3. The highest BCUT2D eigenvalue weighted by Gasteiger charge is 2.30. The summed E-state index contributed by atoms with van der Waals surface area (Å²) >= 11 is 0. The number of nitrogens with one attached hydrogen (secondary N) is 1. The van der Waals surface area contributed by atoms with Crippen LogP contribution in [0.4, 0.5) is 0 Å². The van der Waals surface area contributed by atoms with E-state index in [1.807, 2.05) is 41.7 Å². The third kappa shape index (κ3) is 5.75. The predicted octanol–water partition coefficient (Wildman–Crippen LogP) is 2.24. The minimum Gasteiger partial charge on any atom is -0.456 e. The van der Waals surface area contributed by atoms with Crippen molar-refractivity contribution in [2.24, 2.45) is 0 Å². The van der Waals surface area contributed by atoms with Gasteiger partial charge in [0.05, 0.1) is 0 Å². The lowest BCUT2D eigenvalue weighted by molar-refractivity contribution is -0.150. The van der Waals surface area contributed by atoms with Gasteiger partial charge in [-0.3, -0.25) is 14.9 Å². The highest BCUT2D eigenvalue weighted by Crippen LogP contribution is 2.12. The summed E-state index contributed by atoms with van der Waals surface area (Å²) in [6, 6.07) is 10.0. The normalized spacial score (nSPS) is 13.5. The van der Waals surface area contributed by atoms with Gasteiger partial charge in [-0.2, -0.15) is 0 Å². The minimum absolute atomic E-state index is 0.245. The molecule has 1 aliphatic rings. The first-order chi connectivity index (χ1) is 10.2. The zero-order chi connectivity index (χ0) is 16.8. The van der Waals surface area contributed by atoms with Crippen LogP contribution in [0.5, 0.6) is 0 Å². The van der Waals surface area contributed by atoms with E-state index in [4.69, 9.17) is 4.74 Å². The monoisotopic (exact) mass is 301 g/mol. The van der Waals surface area contributed by atoms with Gasteiger partial charge in [-0.05, 0) is 26.3 Å².